The van der Waals surface area contributed by atoms with Crippen LogP contribution in [0.4, 0.5) is 0 Å². The Bertz CT molecular complexity index is 325. The predicted octanol–water partition coefficient (Wildman–Crippen LogP) is 4.34. The van der Waals surface area contributed by atoms with E-state index in [1.165, 1.54) is 49.2 Å². The maximum Gasteiger partial charge on any atom is 0.00926 e. The first kappa shape index (κ1) is 14.0. The first-order chi connectivity index (χ1) is 8.90. The van der Waals surface area contributed by atoms with Crippen LogP contribution in [0.2, 0.25) is 0 Å². The maximum absolute atomic E-state index is 3.53. The van der Waals surface area contributed by atoms with Crippen molar-refractivity contribution in [3.63, 3.8) is 0 Å². The average Bonchev–Trinajstić information content (AvgIpc) is 2.65. The van der Waals surface area contributed by atoms with E-state index < -0.39 is 0 Å². The van der Waals surface area contributed by atoms with Gasteiger partial charge in [0, 0.05) is 10.9 Å². The Hall–Kier alpha value is -0.470. The summed E-state index contributed by atoms with van der Waals surface area (Å²) in [4.78, 5) is 1.41. The number of rotatable bonds is 5. The van der Waals surface area contributed by atoms with Crippen LogP contribution in [0.25, 0.3) is 0 Å². The highest BCUT2D eigenvalue weighted by molar-refractivity contribution is 7.99. The summed E-state index contributed by atoms with van der Waals surface area (Å²) in [5.41, 5.74) is 0. The van der Waals surface area contributed by atoms with E-state index in [4.69, 9.17) is 0 Å². The van der Waals surface area contributed by atoms with Crippen LogP contribution >= 0.6 is 11.8 Å². The summed E-state index contributed by atoms with van der Waals surface area (Å²) in [6.45, 7) is 0. The summed E-state index contributed by atoms with van der Waals surface area (Å²) < 4.78 is 0. The molecule has 1 N–H and O–H groups in total. The van der Waals surface area contributed by atoms with E-state index in [2.05, 4.69) is 42.7 Å². The maximum atomic E-state index is 3.53. The van der Waals surface area contributed by atoms with Crippen LogP contribution in [-0.2, 0) is 0 Å². The highest BCUT2D eigenvalue weighted by Gasteiger charge is 2.21. The Morgan fingerprint density at radius 2 is 1.89 bits per heavy atom. The molecule has 0 bridgehead atoms. The lowest BCUT2D eigenvalue weighted by Crippen LogP contribution is -2.32. The largest absolute Gasteiger partial charge is 0.317 e. The van der Waals surface area contributed by atoms with Crippen molar-refractivity contribution in [2.45, 2.75) is 49.5 Å². The molecule has 18 heavy (non-hydrogen) atoms. The van der Waals surface area contributed by atoms with Gasteiger partial charge in [-0.2, -0.15) is 0 Å². The zero-order valence-corrected chi connectivity index (χ0v) is 12.2. The molecule has 0 heterocycles. The van der Waals surface area contributed by atoms with E-state index in [9.17, 15) is 0 Å². The molecule has 1 nitrogen and oxygen atoms in total. The molecule has 1 aliphatic carbocycles. The second kappa shape index (κ2) is 7.85. The molecular weight excluding hydrogens is 238 g/mol. The van der Waals surface area contributed by atoms with Crippen molar-refractivity contribution < 1.29 is 0 Å². The van der Waals surface area contributed by atoms with Gasteiger partial charge in [0.25, 0.3) is 0 Å². The molecule has 0 amide bonds. The lowest BCUT2D eigenvalue weighted by Gasteiger charge is -2.24. The van der Waals surface area contributed by atoms with Crippen molar-refractivity contribution in [2.75, 3.05) is 12.8 Å². The zero-order chi connectivity index (χ0) is 12.6. The molecule has 2 atom stereocenters. The van der Waals surface area contributed by atoms with Gasteiger partial charge in [0.05, 0.1) is 0 Å². The molecule has 2 heteroatoms. The number of hydrogen-bond donors (Lipinski definition) is 1. The smallest absolute Gasteiger partial charge is 0.00926 e. The van der Waals surface area contributed by atoms with E-state index in [1.807, 2.05) is 11.8 Å². The van der Waals surface area contributed by atoms with Gasteiger partial charge in [0.15, 0.2) is 0 Å². The van der Waals surface area contributed by atoms with Gasteiger partial charge in [0.1, 0.15) is 0 Å². The Morgan fingerprint density at radius 3 is 2.67 bits per heavy atom. The standard InChI is InChI=1S/C16H25NS/c1-17-16-11-7-2-4-8-14(16)12-13-18-15-9-5-3-6-10-15/h3,5-6,9-10,14,16-17H,2,4,7-8,11-13H2,1H3. The minimum absolute atomic E-state index is 0.754. The first-order valence-corrected chi connectivity index (χ1v) is 8.24. The van der Waals surface area contributed by atoms with E-state index in [1.54, 1.807) is 0 Å². The second-order valence-corrected chi connectivity index (χ2v) is 6.41. The molecule has 2 unspecified atom stereocenters. The third-order valence-electron chi connectivity index (χ3n) is 4.03. The molecule has 1 saturated carbocycles. The minimum Gasteiger partial charge on any atom is -0.317 e. The van der Waals surface area contributed by atoms with Crippen LogP contribution in [-0.4, -0.2) is 18.8 Å². The third-order valence-corrected chi connectivity index (χ3v) is 5.08. The number of nitrogens with one attached hydrogen (secondary N) is 1. The molecule has 1 aromatic carbocycles. The number of benzene rings is 1. The normalized spacial score (nSPS) is 24.7. The van der Waals surface area contributed by atoms with E-state index in [0.29, 0.717) is 0 Å². The van der Waals surface area contributed by atoms with Gasteiger partial charge in [-0.05, 0) is 50.1 Å². The van der Waals surface area contributed by atoms with E-state index >= 15 is 0 Å². The predicted molar refractivity (Wildman–Crippen MR) is 81.2 cm³/mol. The molecule has 0 saturated heterocycles. The molecule has 1 aromatic rings. The number of hydrogen-bond acceptors (Lipinski definition) is 2. The quantitative estimate of drug-likeness (QED) is 0.626. The molecule has 2 rings (SSSR count). The first-order valence-electron chi connectivity index (χ1n) is 7.25. The summed E-state index contributed by atoms with van der Waals surface area (Å²) in [7, 11) is 2.13. The monoisotopic (exact) mass is 263 g/mol. The summed E-state index contributed by atoms with van der Waals surface area (Å²) in [6.07, 6.45) is 8.41. The van der Waals surface area contributed by atoms with Crippen LogP contribution in [0.15, 0.2) is 35.2 Å². The van der Waals surface area contributed by atoms with Gasteiger partial charge < -0.3 is 5.32 Å². The summed E-state index contributed by atoms with van der Waals surface area (Å²) >= 11 is 2.01. The lowest BCUT2D eigenvalue weighted by atomic mass is 9.92. The topological polar surface area (TPSA) is 12.0 Å². The zero-order valence-electron chi connectivity index (χ0n) is 11.4. The van der Waals surface area contributed by atoms with Crippen molar-refractivity contribution >= 4 is 11.8 Å². The Labute approximate surface area is 116 Å². The molecule has 1 fully saturated rings. The van der Waals surface area contributed by atoms with Crippen LogP contribution < -0.4 is 5.32 Å². The summed E-state index contributed by atoms with van der Waals surface area (Å²) in [5, 5.41) is 3.53. The molecule has 1 aliphatic rings. The van der Waals surface area contributed by atoms with Crippen molar-refractivity contribution in [3.8, 4) is 0 Å². The Morgan fingerprint density at radius 1 is 1.11 bits per heavy atom. The molecule has 0 aliphatic heterocycles. The van der Waals surface area contributed by atoms with Crippen molar-refractivity contribution in [1.82, 2.24) is 5.32 Å². The van der Waals surface area contributed by atoms with Crippen LogP contribution in [0, 0.1) is 5.92 Å². The van der Waals surface area contributed by atoms with Gasteiger partial charge in [-0.15, -0.1) is 11.8 Å². The Kier molecular flexibility index (Phi) is 6.09. The molecular formula is C16H25NS. The van der Waals surface area contributed by atoms with Gasteiger partial charge in [0.2, 0.25) is 0 Å². The van der Waals surface area contributed by atoms with Crippen LogP contribution in [0.3, 0.4) is 0 Å². The highest BCUT2D eigenvalue weighted by atomic mass is 32.2. The van der Waals surface area contributed by atoms with E-state index in [-0.39, 0.29) is 0 Å². The fourth-order valence-electron chi connectivity index (χ4n) is 2.95. The van der Waals surface area contributed by atoms with Gasteiger partial charge in [-0.3, -0.25) is 0 Å². The van der Waals surface area contributed by atoms with Gasteiger partial charge >= 0.3 is 0 Å². The lowest BCUT2D eigenvalue weighted by molar-refractivity contribution is 0.345. The summed E-state index contributed by atoms with van der Waals surface area (Å²) in [5.74, 6) is 2.14. The van der Waals surface area contributed by atoms with Gasteiger partial charge in [-0.25, -0.2) is 0 Å². The van der Waals surface area contributed by atoms with Crippen LogP contribution in [0.1, 0.15) is 38.5 Å². The van der Waals surface area contributed by atoms with Crippen LogP contribution in [0.5, 0.6) is 0 Å². The fraction of sp³-hybridized carbons (Fsp3) is 0.625. The third kappa shape index (κ3) is 4.33. The fourth-order valence-corrected chi connectivity index (χ4v) is 3.96. The van der Waals surface area contributed by atoms with Crippen molar-refractivity contribution in [1.29, 1.82) is 0 Å². The molecule has 0 aromatic heterocycles. The molecule has 0 spiro atoms. The van der Waals surface area contributed by atoms with Crippen molar-refractivity contribution in [2.24, 2.45) is 5.92 Å². The molecule has 100 valence electrons. The molecule has 0 radical (unpaired) electrons. The van der Waals surface area contributed by atoms with Crippen molar-refractivity contribution in [3.05, 3.63) is 30.3 Å². The summed E-state index contributed by atoms with van der Waals surface area (Å²) in [6, 6.07) is 11.5. The average molecular weight is 263 g/mol. The van der Waals surface area contributed by atoms with E-state index in [0.717, 1.165) is 12.0 Å². The SMILES string of the molecule is CNC1CCCCCC1CCSc1ccccc1. The number of thioether (sulfide) groups is 1. The second-order valence-electron chi connectivity index (χ2n) is 5.24. The highest BCUT2D eigenvalue weighted by Crippen LogP contribution is 2.28. The Balaban J connectivity index is 1.77. The minimum atomic E-state index is 0.754. The van der Waals surface area contributed by atoms with Gasteiger partial charge in [-0.1, -0.05) is 37.5 Å².